The van der Waals surface area contributed by atoms with Crippen molar-refractivity contribution in [3.63, 3.8) is 0 Å². The van der Waals surface area contributed by atoms with Gasteiger partial charge in [-0.05, 0) is 61.6 Å². The van der Waals surface area contributed by atoms with E-state index in [0.717, 1.165) is 59.2 Å². The highest BCUT2D eigenvalue weighted by molar-refractivity contribution is 6.05. The maximum Gasteiger partial charge on any atom is 0.170 e. The molecule has 0 amide bonds. The van der Waals surface area contributed by atoms with Crippen molar-refractivity contribution in [2.45, 2.75) is 12.8 Å². The molecule has 1 aliphatic heterocycles. The molecule has 2 unspecified atom stereocenters. The lowest BCUT2D eigenvalue weighted by molar-refractivity contribution is 0.0721. The Morgan fingerprint density at radius 1 is 1.24 bits per heavy atom. The van der Waals surface area contributed by atoms with Gasteiger partial charge in [0.15, 0.2) is 5.78 Å². The number of nitrogens with one attached hydrogen (secondary N) is 1. The number of piperidine rings is 1. The second-order valence-corrected chi connectivity index (χ2v) is 8.61. The summed E-state index contributed by atoms with van der Waals surface area (Å²) in [7, 11) is 2.17. The van der Waals surface area contributed by atoms with Crippen LogP contribution >= 0.6 is 0 Å². The Hall–Kier alpha value is -2.99. The fraction of sp³-hybridized carbons (Fsp3) is 0.348. The highest BCUT2D eigenvalue weighted by atomic mass is 16.1. The van der Waals surface area contributed by atoms with Gasteiger partial charge in [-0.15, -0.1) is 0 Å². The first-order chi connectivity index (χ1) is 14.2. The van der Waals surface area contributed by atoms with Crippen molar-refractivity contribution in [1.82, 2.24) is 24.5 Å². The number of Topliss-reactive ketones (excluding diaryl/α,β-unsaturated/α-hetero) is 1. The molecule has 2 bridgehead atoms. The van der Waals surface area contributed by atoms with Gasteiger partial charge < -0.3 is 9.88 Å². The summed E-state index contributed by atoms with van der Waals surface area (Å²) in [4.78, 5) is 23.6. The normalized spacial score (nSPS) is 24.5. The molecule has 1 saturated carbocycles. The summed E-state index contributed by atoms with van der Waals surface area (Å²) in [5.41, 5.74) is 4.68. The number of aromatic amines is 1. The second-order valence-electron chi connectivity index (χ2n) is 8.61. The molecule has 1 aliphatic carbocycles. The van der Waals surface area contributed by atoms with E-state index in [1.807, 2.05) is 29.0 Å². The van der Waals surface area contributed by atoms with Crippen LogP contribution in [0.5, 0.6) is 0 Å². The molecule has 4 aromatic heterocycles. The number of H-pyrrole nitrogens is 1. The molecule has 1 saturated heterocycles. The summed E-state index contributed by atoms with van der Waals surface area (Å²) in [5.74, 6) is 1.37. The molecule has 6 nitrogen and oxygen atoms in total. The number of rotatable bonds is 3. The van der Waals surface area contributed by atoms with Crippen molar-refractivity contribution < 1.29 is 6.22 Å². The van der Waals surface area contributed by atoms with E-state index in [-0.39, 0.29) is 13.1 Å². The zero-order valence-electron chi connectivity index (χ0n) is 16.4. The molecule has 6 rings (SSSR count). The van der Waals surface area contributed by atoms with Gasteiger partial charge in [0.05, 0.1) is 17.3 Å². The van der Waals surface area contributed by atoms with Crippen LogP contribution in [-0.4, -0.2) is 50.4 Å². The monoisotopic (exact) mass is 387 g/mol. The Morgan fingerprint density at radius 2 is 2.07 bits per heavy atom. The highest BCUT2D eigenvalue weighted by Crippen LogP contribution is 2.43. The number of hydrogen-bond acceptors (Lipinski definition) is 4. The van der Waals surface area contributed by atoms with Crippen molar-refractivity contribution in [2.75, 3.05) is 20.1 Å². The molecule has 2 atom stereocenters. The maximum absolute atomic E-state index is 13.6. The number of hydrogen-bond donors (Lipinski definition) is 1. The van der Waals surface area contributed by atoms with Gasteiger partial charge in [0.2, 0.25) is 0 Å². The van der Waals surface area contributed by atoms with Crippen LogP contribution in [0.1, 0.15) is 24.6 Å². The Balaban J connectivity index is 0.00000193. The Labute approximate surface area is 170 Å². The van der Waals surface area contributed by atoms with Gasteiger partial charge in [-0.3, -0.25) is 4.79 Å². The average molecular weight is 387 g/mol. The number of pyridine rings is 2. The SMILES string of the molecule is CN1CC2CCC(C1)C2C(=O)c1cnn2ccc(-c3c[nH]c4ncccc34)cc12.[HH]. The first-order valence-electron chi connectivity index (χ1n) is 10.3. The molecule has 0 spiro atoms. The van der Waals surface area contributed by atoms with E-state index in [9.17, 15) is 4.79 Å². The second kappa shape index (κ2) is 6.26. The van der Waals surface area contributed by atoms with Gasteiger partial charge in [-0.25, -0.2) is 9.50 Å². The number of nitrogens with zero attached hydrogens (tertiary/aromatic N) is 4. The molecule has 148 valence electrons. The standard InChI is InChI=1S/C23H23N5O.H2/c1-27-12-15-4-5-16(13-27)21(15)22(29)19-11-26-28-8-6-14(9-20(19)28)18-10-25-23-17(18)3-2-7-24-23;/h2-3,6-11,15-16,21H,4-5,12-13H2,1H3,(H,24,25);1H. The number of ketones is 1. The van der Waals surface area contributed by atoms with Crippen LogP contribution < -0.4 is 0 Å². The third-order valence-corrected chi connectivity index (χ3v) is 6.87. The van der Waals surface area contributed by atoms with Crippen LogP contribution in [-0.2, 0) is 0 Å². The van der Waals surface area contributed by atoms with E-state index in [1.54, 1.807) is 12.4 Å². The summed E-state index contributed by atoms with van der Waals surface area (Å²) >= 11 is 0. The van der Waals surface area contributed by atoms with Gasteiger partial charge in [-0.1, -0.05) is 0 Å². The van der Waals surface area contributed by atoms with Crippen molar-refractivity contribution >= 4 is 22.3 Å². The minimum absolute atomic E-state index is 0. The molecule has 29 heavy (non-hydrogen) atoms. The van der Waals surface area contributed by atoms with E-state index < -0.39 is 0 Å². The first-order valence-corrected chi connectivity index (χ1v) is 10.3. The van der Waals surface area contributed by atoms with E-state index in [1.165, 1.54) is 0 Å². The molecule has 0 aromatic carbocycles. The Morgan fingerprint density at radius 3 is 2.90 bits per heavy atom. The first kappa shape index (κ1) is 16.9. The number of carbonyl (C=O) groups excluding carboxylic acids is 1. The Kier molecular flexibility index (Phi) is 3.65. The van der Waals surface area contributed by atoms with E-state index in [4.69, 9.17) is 0 Å². The zero-order chi connectivity index (χ0) is 19.5. The van der Waals surface area contributed by atoms with Crippen LogP contribution in [0.2, 0.25) is 0 Å². The zero-order valence-corrected chi connectivity index (χ0v) is 16.4. The summed E-state index contributed by atoms with van der Waals surface area (Å²) in [6.07, 6.45) is 9.81. The number of carbonyl (C=O) groups is 1. The van der Waals surface area contributed by atoms with Crippen molar-refractivity contribution in [3.05, 3.63) is 54.6 Å². The van der Waals surface area contributed by atoms with Gasteiger partial charge in [0, 0.05) is 50.0 Å². The summed E-state index contributed by atoms with van der Waals surface area (Å²) in [5, 5.41) is 5.55. The lowest BCUT2D eigenvalue weighted by atomic mass is 9.80. The third kappa shape index (κ3) is 2.55. The number of likely N-dealkylation sites (tertiary alicyclic amines) is 1. The lowest BCUT2D eigenvalue weighted by Crippen LogP contribution is -2.42. The van der Waals surface area contributed by atoms with Gasteiger partial charge >= 0.3 is 0 Å². The average Bonchev–Trinajstić information content (AvgIpc) is 3.41. The van der Waals surface area contributed by atoms with Crippen LogP contribution in [0.25, 0.3) is 27.7 Å². The van der Waals surface area contributed by atoms with Gasteiger partial charge in [-0.2, -0.15) is 5.10 Å². The van der Waals surface area contributed by atoms with Crippen LogP contribution in [0, 0.1) is 17.8 Å². The lowest BCUT2D eigenvalue weighted by Gasteiger charge is -2.34. The van der Waals surface area contributed by atoms with Crippen molar-refractivity contribution in [1.29, 1.82) is 0 Å². The molecular weight excluding hydrogens is 362 g/mol. The van der Waals surface area contributed by atoms with Crippen molar-refractivity contribution in [2.24, 2.45) is 17.8 Å². The Bertz CT molecular complexity index is 1230. The fourth-order valence-electron chi connectivity index (χ4n) is 5.60. The van der Waals surface area contributed by atoms with E-state index in [0.29, 0.717) is 11.8 Å². The molecule has 4 aromatic rings. The highest BCUT2D eigenvalue weighted by Gasteiger charge is 2.45. The van der Waals surface area contributed by atoms with E-state index >= 15 is 0 Å². The number of fused-ring (bicyclic) bond motifs is 4. The topological polar surface area (TPSA) is 66.3 Å². The summed E-state index contributed by atoms with van der Waals surface area (Å²) in [6.45, 7) is 2.05. The quantitative estimate of drug-likeness (QED) is 0.542. The molecule has 5 heterocycles. The van der Waals surface area contributed by atoms with Crippen LogP contribution in [0.4, 0.5) is 0 Å². The van der Waals surface area contributed by atoms with E-state index in [2.05, 4.69) is 39.1 Å². The molecule has 0 radical (unpaired) electrons. The summed E-state index contributed by atoms with van der Waals surface area (Å²) in [6, 6.07) is 8.15. The van der Waals surface area contributed by atoms with Gasteiger partial charge in [0.25, 0.3) is 0 Å². The molecular formula is C23H25N5O. The largest absolute Gasteiger partial charge is 0.346 e. The fourth-order valence-corrected chi connectivity index (χ4v) is 5.60. The smallest absolute Gasteiger partial charge is 0.170 e. The maximum atomic E-state index is 13.6. The minimum atomic E-state index is 0. The van der Waals surface area contributed by atoms with Gasteiger partial charge in [0.1, 0.15) is 5.65 Å². The molecule has 1 N–H and O–H groups in total. The van der Waals surface area contributed by atoms with Crippen LogP contribution in [0.3, 0.4) is 0 Å². The van der Waals surface area contributed by atoms with Crippen molar-refractivity contribution in [3.8, 4) is 11.1 Å². The third-order valence-electron chi connectivity index (χ3n) is 6.87. The summed E-state index contributed by atoms with van der Waals surface area (Å²) < 4.78 is 1.82. The molecule has 2 aliphatic rings. The van der Waals surface area contributed by atoms with Crippen LogP contribution in [0.15, 0.2) is 49.1 Å². The predicted octanol–water partition coefficient (Wildman–Crippen LogP) is 3.89. The number of aromatic nitrogens is 4. The molecule has 6 heteroatoms. The minimum Gasteiger partial charge on any atom is -0.346 e. The molecule has 2 fully saturated rings. The predicted molar refractivity (Wildman–Crippen MR) is 114 cm³/mol.